The molecule has 5 nitrogen and oxygen atoms in total. The number of hydrogen-bond acceptors (Lipinski definition) is 6. The molecule has 1 N–H and O–H groups in total. The minimum atomic E-state index is -0.585. The molecule has 0 amide bonds. The van der Waals surface area contributed by atoms with Gasteiger partial charge in [-0.25, -0.2) is 4.79 Å². The van der Waals surface area contributed by atoms with Crippen molar-refractivity contribution in [3.8, 4) is 0 Å². The zero-order valence-corrected chi connectivity index (χ0v) is 11.9. The number of carbonyl (C=O) groups is 1. The third-order valence-electron chi connectivity index (χ3n) is 2.78. The molecule has 1 saturated heterocycles. The smallest absolute Gasteiger partial charge is 0.378 e. The summed E-state index contributed by atoms with van der Waals surface area (Å²) >= 11 is 1.87. The van der Waals surface area contributed by atoms with Crippen molar-refractivity contribution in [2.45, 2.75) is 37.3 Å². The van der Waals surface area contributed by atoms with Gasteiger partial charge in [-0.1, -0.05) is 6.08 Å². The van der Waals surface area contributed by atoms with Gasteiger partial charge in [-0.05, 0) is 6.08 Å². The molecule has 0 aromatic rings. The van der Waals surface area contributed by atoms with Crippen LogP contribution in [-0.4, -0.2) is 41.6 Å². The SMILES string of the molecule is O=C(OC1/C=C/C(O)CC2OCOC2C1)SI. The van der Waals surface area contributed by atoms with Crippen molar-refractivity contribution in [2.75, 3.05) is 6.79 Å². The lowest BCUT2D eigenvalue weighted by Gasteiger charge is -2.24. The third kappa shape index (κ3) is 3.82. The highest BCUT2D eigenvalue weighted by atomic mass is 127. The van der Waals surface area contributed by atoms with Crippen molar-refractivity contribution in [2.24, 2.45) is 0 Å². The highest BCUT2D eigenvalue weighted by Gasteiger charge is 2.34. The lowest BCUT2D eigenvalue weighted by molar-refractivity contribution is 0.0286. The van der Waals surface area contributed by atoms with Gasteiger partial charge in [0.2, 0.25) is 0 Å². The van der Waals surface area contributed by atoms with Crippen LogP contribution in [0, 0.1) is 0 Å². The largest absolute Gasteiger partial charge is 0.449 e. The fourth-order valence-corrected chi connectivity index (χ4v) is 2.45. The first-order valence-electron chi connectivity index (χ1n) is 5.28. The van der Waals surface area contributed by atoms with Gasteiger partial charge >= 0.3 is 5.30 Å². The van der Waals surface area contributed by atoms with Gasteiger partial charge in [0.25, 0.3) is 0 Å². The average Bonchev–Trinajstić information content (AvgIpc) is 2.70. The first kappa shape index (κ1) is 13.6. The Labute approximate surface area is 115 Å². The first-order valence-corrected chi connectivity index (χ1v) is 8.63. The monoisotopic (exact) mass is 372 g/mol. The fraction of sp³-hybridized carbons (Fsp3) is 0.700. The topological polar surface area (TPSA) is 65.0 Å². The van der Waals surface area contributed by atoms with Crippen LogP contribution >= 0.6 is 30.1 Å². The van der Waals surface area contributed by atoms with Crippen LogP contribution in [0.2, 0.25) is 0 Å². The molecule has 0 radical (unpaired) electrons. The van der Waals surface area contributed by atoms with Gasteiger partial charge in [-0.3, -0.25) is 0 Å². The maximum Gasteiger partial charge on any atom is 0.378 e. The molecule has 0 bridgehead atoms. The maximum absolute atomic E-state index is 11.2. The van der Waals surface area contributed by atoms with E-state index in [0.717, 1.165) is 8.93 Å². The molecule has 0 spiro atoms. The average molecular weight is 372 g/mol. The van der Waals surface area contributed by atoms with Gasteiger partial charge in [-0.15, -0.1) is 0 Å². The summed E-state index contributed by atoms with van der Waals surface area (Å²) in [5.74, 6) is 0. The fourth-order valence-electron chi connectivity index (χ4n) is 1.97. The molecule has 2 aliphatic rings. The van der Waals surface area contributed by atoms with Crippen molar-refractivity contribution >= 4 is 35.4 Å². The van der Waals surface area contributed by atoms with Crippen molar-refractivity contribution in [1.82, 2.24) is 0 Å². The molecule has 2 rings (SSSR count). The second-order valence-electron chi connectivity index (χ2n) is 3.94. The normalized spacial score (nSPS) is 38.9. The second-order valence-corrected chi connectivity index (χ2v) is 5.74. The molecule has 0 aromatic carbocycles. The highest BCUT2D eigenvalue weighted by molar-refractivity contribution is 14.2. The summed E-state index contributed by atoms with van der Waals surface area (Å²) in [6.45, 7) is 0.240. The van der Waals surface area contributed by atoms with Crippen molar-refractivity contribution in [3.63, 3.8) is 0 Å². The quantitative estimate of drug-likeness (QED) is 0.432. The maximum atomic E-state index is 11.2. The van der Waals surface area contributed by atoms with Crippen LogP contribution in [0.15, 0.2) is 12.2 Å². The van der Waals surface area contributed by atoms with E-state index in [1.54, 1.807) is 12.2 Å². The second kappa shape index (κ2) is 6.37. The first-order chi connectivity index (χ1) is 8.19. The molecule has 1 aliphatic carbocycles. The van der Waals surface area contributed by atoms with E-state index in [1.807, 2.05) is 21.2 Å². The Kier molecular flexibility index (Phi) is 5.10. The lowest BCUT2D eigenvalue weighted by Crippen LogP contribution is -2.33. The summed E-state index contributed by atoms with van der Waals surface area (Å²) in [5.41, 5.74) is 0. The van der Waals surface area contributed by atoms with Crippen LogP contribution in [0.1, 0.15) is 12.8 Å². The molecule has 4 atom stereocenters. The number of carbonyl (C=O) groups excluding carboxylic acids is 1. The van der Waals surface area contributed by atoms with Crippen molar-refractivity contribution in [3.05, 3.63) is 12.2 Å². The van der Waals surface area contributed by atoms with Crippen LogP contribution in [0.5, 0.6) is 0 Å². The number of rotatable bonds is 1. The van der Waals surface area contributed by atoms with E-state index in [2.05, 4.69) is 0 Å². The van der Waals surface area contributed by atoms with Crippen molar-refractivity contribution < 1.29 is 24.1 Å². The number of aliphatic hydroxyl groups is 1. The molecule has 17 heavy (non-hydrogen) atoms. The number of fused-ring (bicyclic) bond motifs is 1. The molecule has 7 heteroatoms. The van der Waals surface area contributed by atoms with E-state index in [0.29, 0.717) is 12.8 Å². The molecular weight excluding hydrogens is 359 g/mol. The lowest BCUT2D eigenvalue weighted by atomic mass is 9.97. The van der Waals surface area contributed by atoms with Gasteiger partial charge in [0.05, 0.1) is 18.3 Å². The predicted octanol–water partition coefficient (Wildman–Crippen LogP) is 2.03. The molecule has 0 aromatic heterocycles. The number of hydrogen-bond donors (Lipinski definition) is 1. The van der Waals surface area contributed by atoms with Crippen LogP contribution in [0.3, 0.4) is 0 Å². The minimum absolute atomic E-state index is 0.119. The molecular formula is C10H13IO5S. The van der Waals surface area contributed by atoms with Crippen molar-refractivity contribution in [1.29, 1.82) is 0 Å². The Morgan fingerprint density at radius 1 is 1.35 bits per heavy atom. The van der Waals surface area contributed by atoms with Gasteiger partial charge < -0.3 is 19.3 Å². The summed E-state index contributed by atoms with van der Waals surface area (Å²) in [7, 11) is 0.997. The molecule has 1 heterocycles. The number of ether oxygens (including phenoxy) is 3. The van der Waals surface area contributed by atoms with E-state index >= 15 is 0 Å². The molecule has 96 valence electrons. The van der Waals surface area contributed by atoms with E-state index in [-0.39, 0.29) is 30.4 Å². The molecule has 0 saturated carbocycles. The summed E-state index contributed by atoms with van der Waals surface area (Å²) in [4.78, 5) is 11.2. The van der Waals surface area contributed by atoms with E-state index in [1.165, 1.54) is 0 Å². The van der Waals surface area contributed by atoms with Crippen LogP contribution in [-0.2, 0) is 14.2 Å². The Morgan fingerprint density at radius 3 is 2.76 bits per heavy atom. The number of aliphatic hydroxyl groups excluding tert-OH is 1. The van der Waals surface area contributed by atoms with E-state index in [9.17, 15) is 9.90 Å². The standard InChI is InChI=1S/C10H13IO5S/c11-17-10(13)16-7-2-1-6(12)3-8-9(4-7)15-5-14-8/h1-2,6-9,12H,3-5H2/b2-1+. The predicted molar refractivity (Wildman–Crippen MR) is 70.9 cm³/mol. The minimum Gasteiger partial charge on any atom is -0.449 e. The van der Waals surface area contributed by atoms with Crippen LogP contribution in [0.4, 0.5) is 4.79 Å². The Hall–Kier alpha value is 0.170. The molecule has 4 unspecified atom stereocenters. The summed E-state index contributed by atoms with van der Waals surface area (Å²) in [6, 6.07) is 0. The van der Waals surface area contributed by atoms with Gasteiger partial charge in [-0.2, -0.15) is 0 Å². The van der Waals surface area contributed by atoms with Gasteiger partial charge in [0, 0.05) is 43.0 Å². The highest BCUT2D eigenvalue weighted by Crippen LogP contribution is 2.27. The van der Waals surface area contributed by atoms with Crippen LogP contribution in [0.25, 0.3) is 0 Å². The zero-order valence-electron chi connectivity index (χ0n) is 8.95. The summed E-state index contributed by atoms with van der Waals surface area (Å²) in [6.07, 6.45) is 3.25. The summed E-state index contributed by atoms with van der Waals surface area (Å²) < 4.78 is 16.0. The van der Waals surface area contributed by atoms with E-state index < -0.39 is 6.10 Å². The Balaban J connectivity index is 2.02. The summed E-state index contributed by atoms with van der Waals surface area (Å²) in [5, 5.41) is 9.36. The van der Waals surface area contributed by atoms with Gasteiger partial charge in [0.15, 0.2) is 0 Å². The third-order valence-corrected chi connectivity index (χ3v) is 4.08. The molecule has 1 fully saturated rings. The Bertz CT molecular complexity index is 311. The Morgan fingerprint density at radius 2 is 2.06 bits per heavy atom. The molecule has 1 aliphatic heterocycles. The van der Waals surface area contributed by atoms with E-state index in [4.69, 9.17) is 14.2 Å². The zero-order chi connectivity index (χ0) is 12.3. The number of halogens is 1. The van der Waals surface area contributed by atoms with Gasteiger partial charge in [0.1, 0.15) is 12.9 Å². The van der Waals surface area contributed by atoms with Crippen LogP contribution < -0.4 is 0 Å².